The van der Waals surface area contributed by atoms with E-state index in [0.29, 0.717) is 10.4 Å². The molecule has 0 atom stereocenters. The van der Waals surface area contributed by atoms with E-state index in [9.17, 15) is 26.3 Å². The van der Waals surface area contributed by atoms with Gasteiger partial charge in [-0.2, -0.15) is 26.3 Å². The summed E-state index contributed by atoms with van der Waals surface area (Å²) in [6.45, 7) is 4.42. The molecule has 0 heterocycles. The SMILES string of the molecule is CCCCc1ccc(N(c2ccccc2)c2ccc(-c3ccc(N(c4ccc(CCCC)cc4)c4ccc(CO[Si](OC)(c5ccc(OC(F)=C(F)F)cc5)c5ccc(OC(F)=C(F)F)cc5)cc4)cc3)cc2)cc1. The van der Waals surface area contributed by atoms with Gasteiger partial charge < -0.3 is 28.1 Å². The van der Waals surface area contributed by atoms with Crippen LogP contribution in [0.3, 0.4) is 0 Å². The van der Waals surface area contributed by atoms with E-state index < -0.39 is 32.7 Å². The van der Waals surface area contributed by atoms with E-state index >= 15 is 0 Å². The average molecular weight is 1040 g/mol. The Morgan fingerprint density at radius 2 is 0.733 bits per heavy atom. The number of anilines is 6. The normalized spacial score (nSPS) is 11.2. The van der Waals surface area contributed by atoms with Crippen LogP contribution in [-0.4, -0.2) is 15.7 Å². The number of rotatable bonds is 23. The van der Waals surface area contributed by atoms with Crippen LogP contribution in [0, 0.1) is 0 Å². The lowest BCUT2D eigenvalue weighted by molar-refractivity contribution is 0.214. The fourth-order valence-electron chi connectivity index (χ4n) is 8.79. The van der Waals surface area contributed by atoms with Crippen molar-refractivity contribution < 1.29 is 44.7 Å². The van der Waals surface area contributed by atoms with Crippen LogP contribution in [0.1, 0.15) is 56.2 Å². The number of halogens is 6. The van der Waals surface area contributed by atoms with E-state index in [0.717, 1.165) is 89.3 Å². The number of ether oxygens (including phenoxy) is 2. The lowest BCUT2D eigenvalue weighted by atomic mass is 10.0. The Kier molecular flexibility index (Phi) is 18.1. The molecule has 0 N–H and O–H groups in total. The molecule has 0 radical (unpaired) electrons. The first-order valence-corrected chi connectivity index (χ1v) is 26.6. The highest BCUT2D eigenvalue weighted by atomic mass is 28.4. The molecule has 384 valence electrons. The molecule has 75 heavy (non-hydrogen) atoms. The van der Waals surface area contributed by atoms with Crippen molar-refractivity contribution in [3.8, 4) is 22.6 Å². The van der Waals surface area contributed by atoms with Crippen LogP contribution >= 0.6 is 0 Å². The third-order valence-corrected chi connectivity index (χ3v) is 16.0. The fraction of sp³-hybridized carbons (Fsp3) is 0.161. The van der Waals surface area contributed by atoms with Crippen LogP contribution < -0.4 is 29.6 Å². The van der Waals surface area contributed by atoms with Crippen molar-refractivity contribution in [2.75, 3.05) is 16.9 Å². The molecular formula is C62H56F6N2O4Si. The lowest BCUT2D eigenvalue weighted by Gasteiger charge is -2.30. The Bertz CT molecular complexity index is 3060. The predicted octanol–water partition coefficient (Wildman–Crippen LogP) is 17.2. The average Bonchev–Trinajstić information content (AvgIpc) is 3.44. The first-order chi connectivity index (χ1) is 36.5. The summed E-state index contributed by atoms with van der Waals surface area (Å²) >= 11 is 0. The van der Waals surface area contributed by atoms with Crippen molar-refractivity contribution in [3.05, 3.63) is 241 Å². The molecule has 0 aliphatic carbocycles. The van der Waals surface area contributed by atoms with Crippen molar-refractivity contribution in [2.24, 2.45) is 0 Å². The van der Waals surface area contributed by atoms with Gasteiger partial charge in [-0.1, -0.05) is 130 Å². The van der Waals surface area contributed by atoms with E-state index in [1.165, 1.54) is 66.8 Å². The molecule has 13 heteroatoms. The summed E-state index contributed by atoms with van der Waals surface area (Å²) < 4.78 is 101. The van der Waals surface area contributed by atoms with Crippen LogP contribution in [-0.2, 0) is 28.3 Å². The minimum atomic E-state index is -3.74. The highest BCUT2D eigenvalue weighted by molar-refractivity contribution is 6.92. The van der Waals surface area contributed by atoms with Gasteiger partial charge in [0.1, 0.15) is 11.5 Å². The van der Waals surface area contributed by atoms with E-state index in [1.54, 1.807) is 0 Å². The second kappa shape index (κ2) is 25.4. The molecule has 0 saturated heterocycles. The number of hydrogen-bond donors (Lipinski definition) is 0. The monoisotopic (exact) mass is 1030 g/mol. The Hall–Kier alpha value is -7.84. The Labute approximate surface area is 435 Å². The smallest absolute Gasteiger partial charge is 0.407 e. The summed E-state index contributed by atoms with van der Waals surface area (Å²) in [5, 5.41) is 0.943. The molecule has 8 aromatic carbocycles. The summed E-state index contributed by atoms with van der Waals surface area (Å²) in [6, 6.07) is 60.0. The van der Waals surface area contributed by atoms with Gasteiger partial charge in [0, 0.05) is 41.2 Å². The molecule has 0 bridgehead atoms. The zero-order chi connectivity index (χ0) is 52.7. The highest BCUT2D eigenvalue weighted by Gasteiger charge is 2.42. The molecule has 8 aromatic rings. The van der Waals surface area contributed by atoms with Crippen molar-refractivity contribution in [3.63, 3.8) is 0 Å². The molecule has 0 unspecified atom stereocenters. The molecule has 0 aliphatic rings. The molecule has 0 saturated carbocycles. The first kappa shape index (κ1) is 53.4. The number of aryl methyl sites for hydroxylation is 2. The summed E-state index contributed by atoms with van der Waals surface area (Å²) in [6.07, 6.45) is 1.34. The van der Waals surface area contributed by atoms with E-state index in [2.05, 4.69) is 154 Å². The fourth-order valence-corrected chi connectivity index (χ4v) is 11.6. The van der Waals surface area contributed by atoms with Crippen LogP contribution in [0.25, 0.3) is 11.1 Å². The van der Waals surface area contributed by atoms with Gasteiger partial charge in [-0.3, -0.25) is 0 Å². The van der Waals surface area contributed by atoms with Gasteiger partial charge in [0.05, 0.1) is 6.61 Å². The molecular weight excluding hydrogens is 979 g/mol. The maximum Gasteiger partial charge on any atom is 0.407 e. The molecule has 0 spiro atoms. The van der Waals surface area contributed by atoms with Crippen LogP contribution in [0.15, 0.2) is 224 Å². The molecule has 0 aliphatic heterocycles. The predicted molar refractivity (Wildman–Crippen MR) is 290 cm³/mol. The Morgan fingerprint density at radius 3 is 1.07 bits per heavy atom. The summed E-state index contributed by atoms with van der Waals surface area (Å²) in [4.78, 5) is 4.46. The van der Waals surface area contributed by atoms with Gasteiger partial charge in [0.15, 0.2) is 0 Å². The zero-order valence-corrected chi connectivity index (χ0v) is 42.8. The number of nitrogens with zero attached hydrogens (tertiary/aromatic N) is 2. The number of hydrogen-bond acceptors (Lipinski definition) is 6. The van der Waals surface area contributed by atoms with Crippen LogP contribution in [0.2, 0.25) is 0 Å². The summed E-state index contributed by atoms with van der Waals surface area (Å²) in [7, 11) is -2.30. The van der Waals surface area contributed by atoms with Gasteiger partial charge in [0.2, 0.25) is 0 Å². The molecule has 6 nitrogen and oxygen atoms in total. The van der Waals surface area contributed by atoms with Crippen LogP contribution in [0.5, 0.6) is 11.5 Å². The summed E-state index contributed by atoms with van der Waals surface area (Å²) in [5.41, 5.74) is 11.5. The van der Waals surface area contributed by atoms with Crippen molar-refractivity contribution >= 4 is 53.1 Å². The van der Waals surface area contributed by atoms with Gasteiger partial charge >= 0.3 is 32.7 Å². The van der Waals surface area contributed by atoms with Gasteiger partial charge in [-0.05, 0) is 161 Å². The number of benzene rings is 8. The van der Waals surface area contributed by atoms with E-state index in [1.807, 2.05) is 30.3 Å². The minimum absolute atomic E-state index is 0.0275. The van der Waals surface area contributed by atoms with Crippen molar-refractivity contribution in [1.29, 1.82) is 0 Å². The topological polar surface area (TPSA) is 43.4 Å². The Balaban J connectivity index is 1.06. The van der Waals surface area contributed by atoms with Crippen molar-refractivity contribution in [1.82, 2.24) is 0 Å². The standard InChI is InChI=1S/C62H56F6N2O4Si/c1-4-6-11-44-15-25-50(26-16-44)69(49-13-9-8-10-14-49)53-31-21-47(22-32-53)48-23-33-54(34-24-48)70(51-27-17-45(18-28-51)12-7-5-2)52-29-19-46(20-30-52)43-72-75(71-3,57-39-35-55(36-40-57)73-61(67)59(63)64)58-41-37-56(38-42-58)74-62(68)60(65)66/h8-10,13-42H,4-7,11-12,43H2,1-3H3. The largest absolute Gasteiger partial charge is 0.428 e. The quantitative estimate of drug-likeness (QED) is 0.0361. The van der Waals surface area contributed by atoms with Gasteiger partial charge in [0.25, 0.3) is 0 Å². The van der Waals surface area contributed by atoms with Gasteiger partial charge in [-0.15, -0.1) is 0 Å². The van der Waals surface area contributed by atoms with E-state index in [4.69, 9.17) is 8.85 Å². The van der Waals surface area contributed by atoms with Gasteiger partial charge in [-0.25, -0.2) is 0 Å². The minimum Gasteiger partial charge on any atom is -0.428 e. The molecule has 0 aromatic heterocycles. The highest BCUT2D eigenvalue weighted by Crippen LogP contribution is 2.39. The summed E-state index contributed by atoms with van der Waals surface area (Å²) in [5.74, 6) is -0.403. The third kappa shape index (κ3) is 13.3. The van der Waals surface area contributed by atoms with E-state index in [-0.39, 0.29) is 18.1 Å². The number of unbranched alkanes of at least 4 members (excludes halogenated alkanes) is 2. The first-order valence-electron chi connectivity index (χ1n) is 24.8. The molecule has 0 fully saturated rings. The second-order valence-corrected chi connectivity index (χ2v) is 20.8. The zero-order valence-electron chi connectivity index (χ0n) is 41.8. The lowest BCUT2D eigenvalue weighted by Crippen LogP contribution is -2.62. The maximum atomic E-state index is 13.7. The Morgan fingerprint density at radius 1 is 0.400 bits per heavy atom. The molecule has 8 rings (SSSR count). The van der Waals surface area contributed by atoms with Crippen LogP contribution in [0.4, 0.5) is 60.5 Å². The maximum absolute atomic E-state index is 13.7. The van der Waals surface area contributed by atoms with Crippen molar-refractivity contribution in [2.45, 2.75) is 59.0 Å². The third-order valence-electron chi connectivity index (χ3n) is 12.7. The number of para-hydroxylation sites is 1. The second-order valence-electron chi connectivity index (χ2n) is 17.7. The molecule has 0 amide bonds.